The molecule has 0 unspecified atom stereocenters. The molecule has 5 saturated carbocycles. The third-order valence-corrected chi connectivity index (χ3v) is 9.23. The number of carbonyl (C=O) groups is 1. The van der Waals surface area contributed by atoms with Gasteiger partial charge in [-0.1, -0.05) is 19.9 Å². The molecule has 1 spiro atoms. The summed E-state index contributed by atoms with van der Waals surface area (Å²) in [6, 6.07) is 0. The Kier molecular flexibility index (Phi) is 4.74. The zero-order chi connectivity index (χ0) is 19.4. The Balaban J connectivity index is 1.72. The number of hydrogen-bond acceptors (Lipinski definition) is 4. The van der Waals surface area contributed by atoms with E-state index in [2.05, 4.69) is 20.4 Å². The van der Waals surface area contributed by atoms with Crippen LogP contribution in [0.4, 0.5) is 0 Å². The number of rotatable bonds is 4. The maximum atomic E-state index is 12.8. The molecule has 0 aromatic carbocycles. The summed E-state index contributed by atoms with van der Waals surface area (Å²) in [5.74, 6) is 1.55. The van der Waals surface area contributed by atoms with E-state index in [0.29, 0.717) is 24.5 Å². The molecule has 4 heteroatoms. The lowest BCUT2D eigenvalue weighted by atomic mass is 9.36. The third kappa shape index (κ3) is 2.51. The van der Waals surface area contributed by atoms with Crippen LogP contribution < -0.4 is 0 Å². The zero-order valence-electron chi connectivity index (χ0n) is 17.5. The Morgan fingerprint density at radius 2 is 1.85 bits per heavy atom. The van der Waals surface area contributed by atoms with Crippen LogP contribution in [0.2, 0.25) is 0 Å². The van der Waals surface area contributed by atoms with Gasteiger partial charge in [0.25, 0.3) is 0 Å². The van der Waals surface area contributed by atoms with Crippen molar-refractivity contribution in [2.75, 3.05) is 21.0 Å². The fourth-order valence-electron chi connectivity index (χ4n) is 8.12. The normalized spacial score (nSPS) is 48.7. The van der Waals surface area contributed by atoms with Gasteiger partial charge in [0.2, 0.25) is 0 Å². The van der Waals surface area contributed by atoms with Crippen LogP contribution in [0, 0.1) is 34.0 Å². The molecule has 0 aromatic rings. The molecule has 0 aliphatic heterocycles. The van der Waals surface area contributed by atoms with Crippen molar-refractivity contribution in [2.45, 2.75) is 71.3 Å². The number of ether oxygens (including phenoxy) is 3. The number of carbonyl (C=O) groups excluding carboxylic acids is 1. The summed E-state index contributed by atoms with van der Waals surface area (Å²) in [6.45, 7) is 9.43. The molecule has 5 aliphatic carbocycles. The predicted octanol–water partition coefficient (Wildman–Crippen LogP) is 4.73. The summed E-state index contributed by atoms with van der Waals surface area (Å²) in [7, 11) is 3.24. The molecule has 0 N–H and O–H groups in total. The van der Waals surface area contributed by atoms with Crippen LogP contribution in [-0.4, -0.2) is 33.1 Å². The SMILES string of the molecule is C=C1[C@@H]2CC[C@@]3(CC[C@H]4[C@@](C)(CCC[C@@]4(C)C(=O)OC)[C@@H]3C2)[C@@H]1OCOC. The Hall–Kier alpha value is -0.870. The summed E-state index contributed by atoms with van der Waals surface area (Å²) in [4.78, 5) is 12.8. The van der Waals surface area contributed by atoms with E-state index in [1.807, 2.05) is 0 Å². The van der Waals surface area contributed by atoms with Crippen molar-refractivity contribution < 1.29 is 19.0 Å². The van der Waals surface area contributed by atoms with Crippen LogP contribution in [0.3, 0.4) is 0 Å². The van der Waals surface area contributed by atoms with Gasteiger partial charge in [0.15, 0.2) is 0 Å². The molecule has 27 heavy (non-hydrogen) atoms. The fourth-order valence-corrected chi connectivity index (χ4v) is 8.12. The van der Waals surface area contributed by atoms with E-state index in [4.69, 9.17) is 14.2 Å². The Bertz CT molecular complexity index is 630. The number of esters is 1. The summed E-state index contributed by atoms with van der Waals surface area (Å²) < 4.78 is 16.8. The van der Waals surface area contributed by atoms with Crippen LogP contribution in [0.5, 0.6) is 0 Å². The quantitative estimate of drug-likeness (QED) is 0.404. The average molecular weight is 377 g/mol. The van der Waals surface area contributed by atoms with Gasteiger partial charge in [-0.25, -0.2) is 0 Å². The van der Waals surface area contributed by atoms with Crippen LogP contribution in [0.15, 0.2) is 12.2 Å². The lowest BCUT2D eigenvalue weighted by Gasteiger charge is -2.69. The molecular weight excluding hydrogens is 340 g/mol. The highest BCUT2D eigenvalue weighted by Crippen LogP contribution is 2.72. The van der Waals surface area contributed by atoms with Crippen molar-refractivity contribution >= 4 is 5.97 Å². The second-order valence-electron chi connectivity index (χ2n) is 10.1. The Morgan fingerprint density at radius 3 is 2.56 bits per heavy atom. The van der Waals surface area contributed by atoms with Gasteiger partial charge in [-0.05, 0) is 80.6 Å². The highest BCUT2D eigenvalue weighted by Gasteiger charge is 2.68. The predicted molar refractivity (Wildman–Crippen MR) is 104 cm³/mol. The minimum atomic E-state index is -0.347. The lowest BCUT2D eigenvalue weighted by Crippen LogP contribution is -2.65. The van der Waals surface area contributed by atoms with Gasteiger partial charge in [0.1, 0.15) is 6.79 Å². The maximum absolute atomic E-state index is 12.8. The molecule has 0 amide bonds. The van der Waals surface area contributed by atoms with Gasteiger partial charge in [-0.15, -0.1) is 0 Å². The highest BCUT2D eigenvalue weighted by atomic mass is 16.7. The van der Waals surface area contributed by atoms with E-state index in [0.717, 1.165) is 25.7 Å². The van der Waals surface area contributed by atoms with E-state index in [1.165, 1.54) is 31.3 Å². The smallest absolute Gasteiger partial charge is 0.311 e. The first kappa shape index (κ1) is 19.4. The maximum Gasteiger partial charge on any atom is 0.311 e. The number of hydrogen-bond donors (Lipinski definition) is 0. The number of fused-ring (bicyclic) bond motifs is 3. The second-order valence-corrected chi connectivity index (χ2v) is 10.1. The zero-order valence-corrected chi connectivity index (χ0v) is 17.5. The number of methoxy groups -OCH3 is 2. The van der Waals surface area contributed by atoms with Crippen molar-refractivity contribution in [3.8, 4) is 0 Å². The van der Waals surface area contributed by atoms with Crippen LogP contribution in [-0.2, 0) is 19.0 Å². The largest absolute Gasteiger partial charge is 0.469 e. The molecule has 0 heterocycles. The molecule has 5 fully saturated rings. The van der Waals surface area contributed by atoms with Crippen molar-refractivity contribution in [1.29, 1.82) is 0 Å². The monoisotopic (exact) mass is 376 g/mol. The van der Waals surface area contributed by atoms with Gasteiger partial charge in [0.05, 0.1) is 18.6 Å². The summed E-state index contributed by atoms with van der Waals surface area (Å²) >= 11 is 0. The van der Waals surface area contributed by atoms with Gasteiger partial charge < -0.3 is 14.2 Å². The summed E-state index contributed by atoms with van der Waals surface area (Å²) in [5.41, 5.74) is 1.29. The third-order valence-electron chi connectivity index (χ3n) is 9.23. The van der Waals surface area contributed by atoms with Crippen molar-refractivity contribution in [3.05, 3.63) is 12.2 Å². The van der Waals surface area contributed by atoms with Crippen LogP contribution in [0.25, 0.3) is 0 Å². The molecule has 0 saturated heterocycles. The molecule has 152 valence electrons. The van der Waals surface area contributed by atoms with Gasteiger partial charge in [-0.3, -0.25) is 4.79 Å². The Morgan fingerprint density at radius 1 is 1.11 bits per heavy atom. The molecule has 5 rings (SSSR count). The van der Waals surface area contributed by atoms with E-state index < -0.39 is 0 Å². The van der Waals surface area contributed by atoms with Gasteiger partial charge in [0, 0.05) is 12.5 Å². The molecule has 0 radical (unpaired) electrons. The minimum Gasteiger partial charge on any atom is -0.469 e. The van der Waals surface area contributed by atoms with Crippen molar-refractivity contribution in [2.24, 2.45) is 34.0 Å². The topological polar surface area (TPSA) is 44.8 Å². The first-order chi connectivity index (χ1) is 12.8. The van der Waals surface area contributed by atoms with E-state index in [1.54, 1.807) is 14.2 Å². The summed E-state index contributed by atoms with van der Waals surface area (Å²) in [6.07, 6.45) is 9.31. The van der Waals surface area contributed by atoms with Crippen molar-refractivity contribution in [3.63, 3.8) is 0 Å². The van der Waals surface area contributed by atoms with Crippen LogP contribution >= 0.6 is 0 Å². The summed E-state index contributed by atoms with van der Waals surface area (Å²) in [5, 5.41) is 0. The lowest BCUT2D eigenvalue weighted by molar-refractivity contribution is -0.231. The molecule has 7 atom stereocenters. The van der Waals surface area contributed by atoms with Crippen LogP contribution in [0.1, 0.15) is 65.2 Å². The molecule has 5 aliphatic rings. The minimum absolute atomic E-state index is 0.00747. The first-order valence-corrected chi connectivity index (χ1v) is 10.7. The van der Waals surface area contributed by atoms with Gasteiger partial charge in [-0.2, -0.15) is 0 Å². The van der Waals surface area contributed by atoms with E-state index >= 15 is 0 Å². The molecule has 0 aromatic heterocycles. The highest BCUT2D eigenvalue weighted by molar-refractivity contribution is 5.77. The molecule has 4 nitrogen and oxygen atoms in total. The fraction of sp³-hybridized carbons (Fsp3) is 0.870. The standard InChI is InChI=1S/C23H36O4/c1-15-16-7-11-23(19(15)27-14-25-4)12-8-17-21(2,18(23)13-16)9-6-10-22(17,3)20(24)26-5/h16-19H,1,6-14H2,2-5H3/t16-,17+,18+,19-,21-,22-,23+/m1/s1. The van der Waals surface area contributed by atoms with E-state index in [9.17, 15) is 4.79 Å². The van der Waals surface area contributed by atoms with Crippen molar-refractivity contribution in [1.82, 2.24) is 0 Å². The second kappa shape index (κ2) is 6.59. The van der Waals surface area contributed by atoms with E-state index in [-0.39, 0.29) is 28.3 Å². The Labute approximate surface area is 164 Å². The molecule has 2 bridgehead atoms. The molecular formula is C23H36O4. The first-order valence-electron chi connectivity index (χ1n) is 10.7. The van der Waals surface area contributed by atoms with Gasteiger partial charge >= 0.3 is 5.97 Å². The average Bonchev–Trinajstić information content (AvgIpc) is 2.66.